The second kappa shape index (κ2) is 15.3. The first-order chi connectivity index (χ1) is 23.1. The van der Waals surface area contributed by atoms with Gasteiger partial charge in [-0.05, 0) is 65.2 Å². The third-order valence-electron chi connectivity index (χ3n) is 12.3. The van der Waals surface area contributed by atoms with Crippen molar-refractivity contribution < 1.29 is 57.4 Å². The van der Waals surface area contributed by atoms with E-state index >= 15 is 0 Å². The SMILES string of the molecule is CO[C@H]1C[C@H](O[C@H]2[C@@H](OC)C[C@H](O[C@H]3CC[C@@]4(C)C(=CCC(=O)[C@@H]4C[C@@H](OC(C)=O)[C@@]4(C)C(=O)CC[C@H]4C(C)=O)C3)O[C@@H]2C)O[C@H](C)[C@H]1O. The number of carbonyl (C=O) groups is 4. The van der Waals surface area contributed by atoms with Crippen molar-refractivity contribution in [1.29, 1.82) is 0 Å². The van der Waals surface area contributed by atoms with Gasteiger partial charge in [-0.25, -0.2) is 0 Å². The van der Waals surface area contributed by atoms with Gasteiger partial charge in [0.05, 0.1) is 35.9 Å². The molecule has 0 spiro atoms. The van der Waals surface area contributed by atoms with Crippen molar-refractivity contribution in [1.82, 2.24) is 0 Å². The van der Waals surface area contributed by atoms with E-state index < -0.39 is 71.7 Å². The molecule has 2 saturated carbocycles. The number of ether oxygens (including phenoxy) is 7. The Balaban J connectivity index is 1.24. The summed E-state index contributed by atoms with van der Waals surface area (Å²) in [6.07, 6.45) is 1.12. The molecule has 1 N–H and O–H groups in total. The summed E-state index contributed by atoms with van der Waals surface area (Å²) < 4.78 is 42.3. The molecule has 12 heteroatoms. The largest absolute Gasteiger partial charge is 0.461 e. The molecule has 2 saturated heterocycles. The Labute approximate surface area is 289 Å². The fraction of sp³-hybridized carbons (Fsp3) is 0.838. The van der Waals surface area contributed by atoms with Crippen LogP contribution in [0.4, 0.5) is 0 Å². The van der Waals surface area contributed by atoms with Gasteiger partial charge in [-0.15, -0.1) is 0 Å². The monoisotopic (exact) mass is 692 g/mol. The van der Waals surface area contributed by atoms with Gasteiger partial charge in [0.1, 0.15) is 35.7 Å². The van der Waals surface area contributed by atoms with E-state index in [4.69, 9.17) is 33.2 Å². The summed E-state index contributed by atoms with van der Waals surface area (Å²) in [5.74, 6) is -1.70. The zero-order chi connectivity index (χ0) is 35.8. The third kappa shape index (κ3) is 7.61. The van der Waals surface area contributed by atoms with Crippen LogP contribution in [0.25, 0.3) is 0 Å². The summed E-state index contributed by atoms with van der Waals surface area (Å²) >= 11 is 0. The Hall–Kier alpha value is -2.06. The molecule has 0 unspecified atom stereocenters. The molecule has 0 bridgehead atoms. The quantitative estimate of drug-likeness (QED) is 0.246. The van der Waals surface area contributed by atoms with E-state index in [0.29, 0.717) is 38.5 Å². The van der Waals surface area contributed by atoms with Crippen molar-refractivity contribution in [3.8, 4) is 0 Å². The summed E-state index contributed by atoms with van der Waals surface area (Å²) in [6, 6.07) is 0. The first kappa shape index (κ1) is 38.2. The number of methoxy groups -OCH3 is 2. The van der Waals surface area contributed by atoms with Gasteiger partial charge in [-0.2, -0.15) is 0 Å². The molecule has 0 aromatic rings. The van der Waals surface area contributed by atoms with Gasteiger partial charge in [-0.1, -0.05) is 18.6 Å². The van der Waals surface area contributed by atoms with E-state index in [1.165, 1.54) is 13.8 Å². The van der Waals surface area contributed by atoms with Crippen LogP contribution in [-0.2, 0) is 52.3 Å². The van der Waals surface area contributed by atoms with Crippen molar-refractivity contribution in [2.75, 3.05) is 14.2 Å². The number of aliphatic hydroxyl groups is 1. The van der Waals surface area contributed by atoms with Gasteiger partial charge in [0, 0.05) is 58.7 Å². The van der Waals surface area contributed by atoms with E-state index in [0.717, 1.165) is 5.57 Å². The number of ketones is 3. The molecule has 2 aliphatic heterocycles. The molecular formula is C37H56O12. The van der Waals surface area contributed by atoms with Crippen LogP contribution >= 0.6 is 0 Å². The van der Waals surface area contributed by atoms with Gasteiger partial charge in [-0.3, -0.25) is 19.2 Å². The normalized spacial score (nSPS) is 43.4. The minimum atomic E-state index is -1.17. The summed E-state index contributed by atoms with van der Waals surface area (Å²) in [5, 5.41) is 10.3. The van der Waals surface area contributed by atoms with Crippen LogP contribution in [0.3, 0.4) is 0 Å². The highest BCUT2D eigenvalue weighted by molar-refractivity contribution is 5.95. The molecule has 0 radical (unpaired) electrons. The molecule has 5 aliphatic rings. The number of allylic oxidation sites excluding steroid dienone is 1. The standard InChI is InChI=1S/C37H56O12/c1-19(38)25-10-12-30(41)37(25,6)31(47-22(4)39)16-26-27(40)11-9-23-15-24(13-14-36(23,26)5)48-32-18-29(44-8)35(21(3)46-32)49-33-17-28(43-7)34(42)20(2)45-33/h9,20-21,24-26,28-29,31-35,42H,10-18H2,1-8H3/t20-,21-,24+,25+,26+,28+,29+,31-,32+,33+,34-,35-,36+,37-/m1/s1. The zero-order valence-electron chi connectivity index (χ0n) is 30.3. The highest BCUT2D eigenvalue weighted by Gasteiger charge is 2.57. The smallest absolute Gasteiger partial charge is 0.302 e. The van der Waals surface area contributed by atoms with Gasteiger partial charge < -0.3 is 38.3 Å². The van der Waals surface area contributed by atoms with Crippen LogP contribution in [-0.4, -0.2) is 104 Å². The Bertz CT molecular complexity index is 1280. The van der Waals surface area contributed by atoms with Crippen molar-refractivity contribution in [2.24, 2.45) is 22.7 Å². The number of esters is 1. The first-order valence-corrected chi connectivity index (χ1v) is 17.9. The first-order valence-electron chi connectivity index (χ1n) is 17.9. The van der Waals surface area contributed by atoms with Crippen molar-refractivity contribution in [3.63, 3.8) is 0 Å². The van der Waals surface area contributed by atoms with E-state index in [1.54, 1.807) is 28.1 Å². The van der Waals surface area contributed by atoms with Crippen LogP contribution < -0.4 is 0 Å². The predicted molar refractivity (Wildman–Crippen MR) is 175 cm³/mol. The molecule has 4 fully saturated rings. The highest BCUT2D eigenvalue weighted by atomic mass is 16.7. The minimum Gasteiger partial charge on any atom is -0.461 e. The molecule has 0 amide bonds. The highest BCUT2D eigenvalue weighted by Crippen LogP contribution is 2.54. The molecule has 12 nitrogen and oxygen atoms in total. The fourth-order valence-corrected chi connectivity index (χ4v) is 9.28. The third-order valence-corrected chi connectivity index (χ3v) is 12.3. The topological polar surface area (TPSA) is 153 Å². The van der Waals surface area contributed by atoms with E-state index in [-0.39, 0.29) is 54.9 Å². The van der Waals surface area contributed by atoms with Crippen molar-refractivity contribution in [2.45, 2.75) is 161 Å². The van der Waals surface area contributed by atoms with Gasteiger partial charge >= 0.3 is 5.97 Å². The van der Waals surface area contributed by atoms with Crippen LogP contribution in [0.2, 0.25) is 0 Å². The molecule has 0 aromatic carbocycles. The molecule has 3 aliphatic carbocycles. The van der Waals surface area contributed by atoms with E-state index in [2.05, 4.69) is 6.92 Å². The summed E-state index contributed by atoms with van der Waals surface area (Å²) in [7, 11) is 3.20. The maximum atomic E-state index is 13.6. The maximum absolute atomic E-state index is 13.6. The van der Waals surface area contributed by atoms with Gasteiger partial charge in [0.15, 0.2) is 12.6 Å². The average Bonchev–Trinajstić information content (AvgIpc) is 3.35. The maximum Gasteiger partial charge on any atom is 0.302 e. The van der Waals surface area contributed by atoms with E-state index in [1.807, 2.05) is 13.0 Å². The van der Waals surface area contributed by atoms with Gasteiger partial charge in [0.2, 0.25) is 0 Å². The molecule has 14 atom stereocenters. The molecular weight excluding hydrogens is 636 g/mol. The number of hydrogen-bond donors (Lipinski definition) is 1. The van der Waals surface area contributed by atoms with Crippen LogP contribution in [0.5, 0.6) is 0 Å². The fourth-order valence-electron chi connectivity index (χ4n) is 9.28. The Morgan fingerprint density at radius 2 is 1.63 bits per heavy atom. The molecule has 5 rings (SSSR count). The predicted octanol–water partition coefficient (Wildman–Crippen LogP) is 4.02. The number of aliphatic hydroxyl groups excluding tert-OH is 1. The van der Waals surface area contributed by atoms with Crippen LogP contribution in [0, 0.1) is 22.7 Å². The Kier molecular flexibility index (Phi) is 11.9. The number of fused-ring (bicyclic) bond motifs is 1. The average molecular weight is 693 g/mol. The van der Waals surface area contributed by atoms with Crippen LogP contribution in [0.15, 0.2) is 11.6 Å². The van der Waals surface area contributed by atoms with Crippen LogP contribution in [0.1, 0.15) is 99.3 Å². The molecule has 276 valence electrons. The van der Waals surface area contributed by atoms with E-state index in [9.17, 15) is 24.3 Å². The van der Waals surface area contributed by atoms with Gasteiger partial charge in [0.25, 0.3) is 0 Å². The number of hydrogen-bond acceptors (Lipinski definition) is 12. The Morgan fingerprint density at radius 1 is 0.980 bits per heavy atom. The number of carbonyl (C=O) groups excluding carboxylic acids is 4. The summed E-state index contributed by atoms with van der Waals surface area (Å²) in [5.41, 5.74) is -0.553. The lowest BCUT2D eigenvalue weighted by Crippen LogP contribution is -2.55. The number of Topliss-reactive ketones (excluding diaryl/α,β-unsaturated/α-hetero) is 3. The lowest BCUT2D eigenvalue weighted by molar-refractivity contribution is -0.319. The number of rotatable bonds is 11. The second-order valence-electron chi connectivity index (χ2n) is 15.3. The second-order valence-corrected chi connectivity index (χ2v) is 15.3. The lowest BCUT2D eigenvalue weighted by Gasteiger charge is -2.49. The van der Waals surface area contributed by atoms with Crippen molar-refractivity contribution >= 4 is 23.3 Å². The zero-order valence-corrected chi connectivity index (χ0v) is 30.3. The molecule has 0 aromatic heterocycles. The molecule has 2 heterocycles. The Morgan fingerprint density at radius 3 is 2.29 bits per heavy atom. The summed E-state index contributed by atoms with van der Waals surface area (Å²) in [4.78, 5) is 51.8. The summed E-state index contributed by atoms with van der Waals surface area (Å²) in [6.45, 7) is 10.3. The minimum absolute atomic E-state index is 0.0530. The molecule has 49 heavy (non-hydrogen) atoms. The lowest BCUT2D eigenvalue weighted by atomic mass is 9.56. The van der Waals surface area contributed by atoms with Crippen molar-refractivity contribution in [3.05, 3.63) is 11.6 Å².